The number of H-pyrrole nitrogens is 1. The van der Waals surface area contributed by atoms with Gasteiger partial charge in [0.1, 0.15) is 5.69 Å². The average molecular weight is 279 g/mol. The zero-order valence-corrected chi connectivity index (χ0v) is 8.03. The van der Waals surface area contributed by atoms with Gasteiger partial charge in [0.15, 0.2) is 21.8 Å². The quantitative estimate of drug-likeness (QED) is 0.492. The zero-order valence-electron chi connectivity index (χ0n) is 5.87. The number of hydrogen-bond acceptors (Lipinski definition) is 5. The Balaban J connectivity index is 2.47. The number of rotatable bonds is 0. The van der Waals surface area contributed by atoms with Gasteiger partial charge in [-0.05, 0) is 22.6 Å². The molecule has 0 saturated heterocycles. The lowest BCUT2D eigenvalue weighted by molar-refractivity contribution is 0.183. The molecule has 0 saturated carbocycles. The molecule has 0 bridgehead atoms. The van der Waals surface area contributed by atoms with Crippen molar-refractivity contribution in [3.8, 4) is 0 Å². The topological polar surface area (TPSA) is 99.3 Å². The van der Waals surface area contributed by atoms with E-state index in [0.717, 1.165) is 0 Å². The maximum Gasteiger partial charge on any atom is 0.197 e. The van der Waals surface area contributed by atoms with Crippen molar-refractivity contribution in [3.63, 3.8) is 0 Å². The molecule has 0 aromatic carbocycles. The largest absolute Gasteiger partial charge is 0.370 e. The first-order valence-corrected chi connectivity index (χ1v) is 4.28. The van der Waals surface area contributed by atoms with Crippen LogP contribution in [0.4, 0.5) is 5.82 Å². The molecule has 0 radical (unpaired) electrons. The summed E-state index contributed by atoms with van der Waals surface area (Å²) in [5.74, 6) is 0.720. The number of aliphatic imine (C=N–C) groups is 1. The first-order valence-electron chi connectivity index (χ1n) is 3.20. The van der Waals surface area contributed by atoms with Crippen LogP contribution in [0.5, 0.6) is 0 Å². The van der Waals surface area contributed by atoms with Gasteiger partial charge in [0.2, 0.25) is 0 Å². The molecule has 64 valence electrons. The summed E-state index contributed by atoms with van der Waals surface area (Å²) in [5, 5.41) is 12.1. The van der Waals surface area contributed by atoms with E-state index in [0.29, 0.717) is 15.3 Å². The van der Waals surface area contributed by atoms with E-state index in [2.05, 4.69) is 20.3 Å². The van der Waals surface area contributed by atoms with E-state index in [-0.39, 0.29) is 5.96 Å². The van der Waals surface area contributed by atoms with Crippen molar-refractivity contribution in [2.75, 3.05) is 5.32 Å². The Morgan fingerprint density at radius 2 is 2.33 bits per heavy atom. The second kappa shape index (κ2) is 2.59. The molecule has 0 amide bonds. The highest BCUT2D eigenvalue weighted by Gasteiger charge is 2.21. The van der Waals surface area contributed by atoms with Gasteiger partial charge in [-0.15, -0.1) is 0 Å². The average Bonchev–Trinajstić information content (AvgIpc) is 2.29. The smallest absolute Gasteiger partial charge is 0.197 e. The first kappa shape index (κ1) is 7.80. The van der Waals surface area contributed by atoms with Gasteiger partial charge in [0, 0.05) is 0 Å². The molecule has 12 heavy (non-hydrogen) atoms. The summed E-state index contributed by atoms with van der Waals surface area (Å²) in [6, 6.07) is 0. The number of aromatic amines is 1. The van der Waals surface area contributed by atoms with Gasteiger partial charge in [0.25, 0.3) is 0 Å². The van der Waals surface area contributed by atoms with E-state index >= 15 is 0 Å². The van der Waals surface area contributed by atoms with Gasteiger partial charge < -0.3 is 21.1 Å². The van der Waals surface area contributed by atoms with Gasteiger partial charge in [0.05, 0.1) is 0 Å². The number of aromatic nitrogens is 2. The summed E-state index contributed by atoms with van der Waals surface area (Å²) in [6.45, 7) is 0. The van der Waals surface area contributed by atoms with Crippen molar-refractivity contribution >= 4 is 34.4 Å². The molecule has 6 nitrogen and oxygen atoms in total. The van der Waals surface area contributed by atoms with Gasteiger partial charge in [-0.25, -0.2) is 9.98 Å². The van der Waals surface area contributed by atoms with Crippen LogP contribution in [0.1, 0.15) is 11.9 Å². The predicted octanol–water partition coefficient (Wildman–Crippen LogP) is -0.255. The summed E-state index contributed by atoms with van der Waals surface area (Å²) in [7, 11) is 0. The molecule has 1 aromatic rings. The number of fused-ring (bicyclic) bond motifs is 1. The molecule has 1 unspecified atom stereocenters. The Morgan fingerprint density at radius 3 is 3.08 bits per heavy atom. The summed E-state index contributed by atoms with van der Waals surface area (Å²) in [4.78, 5) is 10.6. The third-order valence-corrected chi connectivity index (χ3v) is 1.98. The predicted molar refractivity (Wildman–Crippen MR) is 51.5 cm³/mol. The Bertz CT molecular complexity index is 346. The number of guanidine groups is 1. The number of aliphatic hydroxyl groups is 1. The minimum atomic E-state index is -0.933. The Morgan fingerprint density at radius 1 is 1.58 bits per heavy atom. The number of hydrogen-bond donors (Lipinski definition) is 4. The molecule has 1 aliphatic rings. The molecular formula is C5H6IN5O. The monoisotopic (exact) mass is 279 g/mol. The van der Waals surface area contributed by atoms with E-state index in [1.165, 1.54) is 0 Å². The van der Waals surface area contributed by atoms with E-state index in [9.17, 15) is 5.11 Å². The molecule has 7 heteroatoms. The molecule has 0 aliphatic carbocycles. The maximum absolute atomic E-state index is 9.36. The van der Waals surface area contributed by atoms with E-state index in [1.54, 1.807) is 0 Å². The van der Waals surface area contributed by atoms with E-state index < -0.39 is 6.23 Å². The summed E-state index contributed by atoms with van der Waals surface area (Å²) >= 11 is 2.01. The molecule has 0 spiro atoms. The van der Waals surface area contributed by atoms with Crippen LogP contribution in [-0.4, -0.2) is 21.0 Å². The Kier molecular flexibility index (Phi) is 1.68. The SMILES string of the molecule is NC1=NC(O)c2[nH]c(I)nc2N1. The molecule has 5 N–H and O–H groups in total. The zero-order chi connectivity index (χ0) is 8.72. The fraction of sp³-hybridized carbons (Fsp3) is 0.200. The van der Waals surface area contributed by atoms with Crippen LogP contribution in [0.25, 0.3) is 0 Å². The van der Waals surface area contributed by atoms with E-state index in [4.69, 9.17) is 5.73 Å². The van der Waals surface area contributed by atoms with Crippen LogP contribution in [0.2, 0.25) is 0 Å². The second-order valence-corrected chi connectivity index (χ2v) is 3.32. The van der Waals surface area contributed by atoms with Crippen LogP contribution in [0.15, 0.2) is 4.99 Å². The second-order valence-electron chi connectivity index (χ2n) is 2.30. The molecule has 0 fully saturated rings. The van der Waals surface area contributed by atoms with E-state index in [1.807, 2.05) is 22.6 Å². The first-order chi connectivity index (χ1) is 5.66. The number of nitrogens with one attached hydrogen (secondary N) is 2. The molecule has 2 heterocycles. The lowest BCUT2D eigenvalue weighted by atomic mass is 10.3. The Hall–Kier alpha value is -0.830. The number of anilines is 1. The number of aliphatic hydroxyl groups excluding tert-OH is 1. The molecule has 1 aromatic heterocycles. The standard InChI is InChI=1S/C5H6IN5O/c6-4-8-1-2(9-4)10-5(7)11-3(1)12/h3,12H,(H,8,9)(H3,7,10,11). The summed E-state index contributed by atoms with van der Waals surface area (Å²) in [6.07, 6.45) is -0.933. The Labute approximate surface area is 81.4 Å². The minimum absolute atomic E-state index is 0.179. The van der Waals surface area contributed by atoms with Crippen LogP contribution >= 0.6 is 22.6 Å². The number of halogens is 1. The fourth-order valence-electron chi connectivity index (χ4n) is 0.989. The van der Waals surface area contributed by atoms with Gasteiger partial charge >= 0.3 is 0 Å². The van der Waals surface area contributed by atoms with Crippen LogP contribution in [-0.2, 0) is 0 Å². The summed E-state index contributed by atoms with van der Waals surface area (Å²) < 4.78 is 0.689. The van der Waals surface area contributed by atoms with Crippen molar-refractivity contribution in [1.29, 1.82) is 0 Å². The third kappa shape index (κ3) is 1.14. The van der Waals surface area contributed by atoms with Crippen LogP contribution in [0.3, 0.4) is 0 Å². The molecule has 2 rings (SSSR count). The van der Waals surface area contributed by atoms with Crippen molar-refractivity contribution in [1.82, 2.24) is 9.97 Å². The van der Waals surface area contributed by atoms with Crippen LogP contribution in [0, 0.1) is 3.83 Å². The number of nitrogens with two attached hydrogens (primary N) is 1. The fourth-order valence-corrected chi connectivity index (χ4v) is 1.52. The van der Waals surface area contributed by atoms with Crippen molar-refractivity contribution in [2.45, 2.75) is 6.23 Å². The highest BCUT2D eigenvalue weighted by molar-refractivity contribution is 14.1. The lowest BCUT2D eigenvalue weighted by Crippen LogP contribution is -2.27. The molecular weight excluding hydrogens is 273 g/mol. The van der Waals surface area contributed by atoms with Gasteiger partial charge in [-0.1, -0.05) is 0 Å². The van der Waals surface area contributed by atoms with Crippen LogP contribution < -0.4 is 11.1 Å². The van der Waals surface area contributed by atoms with Crippen molar-refractivity contribution in [3.05, 3.63) is 9.53 Å². The normalized spacial score (nSPS) is 21.2. The minimum Gasteiger partial charge on any atom is -0.370 e. The number of imidazole rings is 1. The molecule has 1 aliphatic heterocycles. The summed E-state index contributed by atoms with van der Waals surface area (Å²) in [5.41, 5.74) is 5.92. The number of nitrogens with zero attached hydrogens (tertiary/aromatic N) is 2. The maximum atomic E-state index is 9.36. The van der Waals surface area contributed by atoms with Gasteiger partial charge in [-0.2, -0.15) is 0 Å². The van der Waals surface area contributed by atoms with Crippen molar-refractivity contribution < 1.29 is 5.11 Å². The third-order valence-electron chi connectivity index (χ3n) is 1.47. The lowest BCUT2D eigenvalue weighted by Gasteiger charge is -2.13. The highest BCUT2D eigenvalue weighted by Crippen LogP contribution is 2.24. The molecule has 1 atom stereocenters. The van der Waals surface area contributed by atoms with Gasteiger partial charge in [-0.3, -0.25) is 0 Å². The highest BCUT2D eigenvalue weighted by atomic mass is 127. The van der Waals surface area contributed by atoms with Crippen molar-refractivity contribution in [2.24, 2.45) is 10.7 Å².